The SMILES string of the molecule is C/C=C\C(C)=C(\C)N(N)C(C)C. The van der Waals surface area contributed by atoms with Gasteiger partial charge in [-0.25, -0.2) is 5.84 Å². The van der Waals surface area contributed by atoms with E-state index in [0.717, 1.165) is 5.70 Å². The maximum absolute atomic E-state index is 5.83. The van der Waals surface area contributed by atoms with E-state index < -0.39 is 0 Å². The number of hydrazine groups is 1. The van der Waals surface area contributed by atoms with Gasteiger partial charge in [-0.3, -0.25) is 0 Å². The molecule has 2 heteroatoms. The van der Waals surface area contributed by atoms with Crippen molar-refractivity contribution in [3.8, 4) is 0 Å². The van der Waals surface area contributed by atoms with Crippen LogP contribution in [0.3, 0.4) is 0 Å². The fourth-order valence-corrected chi connectivity index (χ4v) is 0.962. The van der Waals surface area contributed by atoms with Gasteiger partial charge in [-0.2, -0.15) is 0 Å². The summed E-state index contributed by atoms with van der Waals surface area (Å²) in [6.45, 7) is 10.3. The van der Waals surface area contributed by atoms with Crippen LogP contribution in [-0.4, -0.2) is 11.1 Å². The molecule has 0 unspecified atom stereocenters. The molecular formula is C10H20N2. The van der Waals surface area contributed by atoms with Crippen molar-refractivity contribution in [3.05, 3.63) is 23.4 Å². The summed E-state index contributed by atoms with van der Waals surface area (Å²) >= 11 is 0. The summed E-state index contributed by atoms with van der Waals surface area (Å²) in [5.41, 5.74) is 2.34. The highest BCUT2D eigenvalue weighted by atomic mass is 15.4. The molecule has 0 spiro atoms. The van der Waals surface area contributed by atoms with Crippen molar-refractivity contribution in [3.63, 3.8) is 0 Å². The molecule has 2 N–H and O–H groups in total. The monoisotopic (exact) mass is 168 g/mol. The van der Waals surface area contributed by atoms with Gasteiger partial charge in [0.25, 0.3) is 0 Å². The molecule has 0 atom stereocenters. The predicted molar refractivity (Wildman–Crippen MR) is 54.4 cm³/mol. The second-order valence-electron chi connectivity index (χ2n) is 3.27. The van der Waals surface area contributed by atoms with Gasteiger partial charge in [-0.05, 0) is 40.2 Å². The number of hydrogen-bond donors (Lipinski definition) is 1. The zero-order chi connectivity index (χ0) is 9.72. The molecule has 0 aromatic carbocycles. The van der Waals surface area contributed by atoms with Crippen molar-refractivity contribution in [2.75, 3.05) is 0 Å². The Kier molecular flexibility index (Phi) is 4.67. The van der Waals surface area contributed by atoms with Gasteiger partial charge >= 0.3 is 0 Å². The van der Waals surface area contributed by atoms with Crippen LogP contribution in [0.15, 0.2) is 23.4 Å². The van der Waals surface area contributed by atoms with Crippen LogP contribution < -0.4 is 5.84 Å². The minimum Gasteiger partial charge on any atom is -0.313 e. The van der Waals surface area contributed by atoms with Crippen LogP contribution in [0.2, 0.25) is 0 Å². The van der Waals surface area contributed by atoms with Crippen molar-refractivity contribution in [2.24, 2.45) is 5.84 Å². The lowest BCUT2D eigenvalue weighted by atomic mass is 10.2. The van der Waals surface area contributed by atoms with Gasteiger partial charge < -0.3 is 5.01 Å². The number of nitrogens with zero attached hydrogens (tertiary/aromatic N) is 1. The predicted octanol–water partition coefficient (Wildman–Crippen LogP) is 2.44. The molecule has 0 heterocycles. The van der Waals surface area contributed by atoms with E-state index in [0.29, 0.717) is 6.04 Å². The van der Waals surface area contributed by atoms with Gasteiger partial charge in [0.1, 0.15) is 0 Å². The smallest absolute Gasteiger partial charge is 0.0392 e. The Labute approximate surface area is 75.7 Å². The van der Waals surface area contributed by atoms with E-state index >= 15 is 0 Å². The van der Waals surface area contributed by atoms with Gasteiger partial charge in [0.2, 0.25) is 0 Å². The average Bonchev–Trinajstić information content (AvgIpc) is 2.02. The van der Waals surface area contributed by atoms with Crippen molar-refractivity contribution in [2.45, 2.75) is 40.7 Å². The van der Waals surface area contributed by atoms with Gasteiger partial charge in [-0.15, -0.1) is 0 Å². The molecule has 0 aliphatic rings. The topological polar surface area (TPSA) is 29.3 Å². The molecule has 0 amide bonds. The van der Waals surface area contributed by atoms with Crippen LogP contribution in [0.5, 0.6) is 0 Å². The van der Waals surface area contributed by atoms with Gasteiger partial charge in [0, 0.05) is 11.7 Å². The van der Waals surface area contributed by atoms with E-state index in [9.17, 15) is 0 Å². The molecule has 0 fully saturated rings. The molecule has 0 bridgehead atoms. The first-order valence-electron chi connectivity index (χ1n) is 4.34. The lowest BCUT2D eigenvalue weighted by Crippen LogP contribution is -2.36. The molecule has 12 heavy (non-hydrogen) atoms. The van der Waals surface area contributed by atoms with E-state index in [-0.39, 0.29) is 0 Å². The first-order chi connectivity index (χ1) is 5.50. The van der Waals surface area contributed by atoms with Gasteiger partial charge in [-0.1, -0.05) is 12.2 Å². The Morgan fingerprint density at radius 2 is 1.83 bits per heavy atom. The first kappa shape index (κ1) is 11.2. The van der Waals surface area contributed by atoms with Crippen LogP contribution in [0.25, 0.3) is 0 Å². The highest BCUT2D eigenvalue weighted by Crippen LogP contribution is 2.09. The van der Waals surface area contributed by atoms with Crippen molar-refractivity contribution in [1.82, 2.24) is 5.01 Å². The molecule has 0 aromatic rings. The largest absolute Gasteiger partial charge is 0.313 e. The van der Waals surface area contributed by atoms with Crippen LogP contribution in [0.1, 0.15) is 34.6 Å². The summed E-state index contributed by atoms with van der Waals surface area (Å²) in [5.74, 6) is 5.83. The Balaban J connectivity index is 4.53. The van der Waals surface area contributed by atoms with Gasteiger partial charge in [0.15, 0.2) is 0 Å². The van der Waals surface area contributed by atoms with Crippen molar-refractivity contribution >= 4 is 0 Å². The molecule has 70 valence electrons. The number of nitrogens with two attached hydrogens (primary N) is 1. The minimum absolute atomic E-state index is 0.352. The molecule has 0 aliphatic carbocycles. The average molecular weight is 168 g/mol. The Bertz CT molecular complexity index is 190. The van der Waals surface area contributed by atoms with Crippen LogP contribution in [-0.2, 0) is 0 Å². The number of rotatable bonds is 3. The standard InChI is InChI=1S/C10H20N2/c1-6-7-9(4)10(5)12(11)8(2)3/h6-8H,11H2,1-5H3/b7-6-,10-9-. The lowest BCUT2D eigenvalue weighted by molar-refractivity contribution is 0.292. The Morgan fingerprint density at radius 3 is 2.17 bits per heavy atom. The molecule has 0 rings (SSSR count). The maximum Gasteiger partial charge on any atom is 0.0392 e. The summed E-state index contributed by atoms with van der Waals surface area (Å²) in [6, 6.07) is 0.352. The molecule has 0 saturated heterocycles. The Morgan fingerprint density at radius 1 is 1.33 bits per heavy atom. The molecular weight excluding hydrogens is 148 g/mol. The molecule has 0 aromatic heterocycles. The van der Waals surface area contributed by atoms with E-state index in [4.69, 9.17) is 5.84 Å². The van der Waals surface area contributed by atoms with Crippen LogP contribution in [0, 0.1) is 0 Å². The quantitative estimate of drug-likeness (QED) is 0.398. The third-order valence-corrected chi connectivity index (χ3v) is 1.93. The molecule has 0 aliphatic heterocycles. The van der Waals surface area contributed by atoms with E-state index in [1.807, 2.05) is 19.9 Å². The summed E-state index contributed by atoms with van der Waals surface area (Å²) < 4.78 is 0. The summed E-state index contributed by atoms with van der Waals surface area (Å²) in [6.07, 6.45) is 4.09. The highest BCUT2D eigenvalue weighted by Gasteiger charge is 2.05. The summed E-state index contributed by atoms with van der Waals surface area (Å²) in [7, 11) is 0. The minimum atomic E-state index is 0.352. The number of allylic oxidation sites excluding steroid dienone is 4. The highest BCUT2D eigenvalue weighted by molar-refractivity contribution is 5.20. The third-order valence-electron chi connectivity index (χ3n) is 1.93. The zero-order valence-corrected chi connectivity index (χ0v) is 8.76. The van der Waals surface area contributed by atoms with Crippen molar-refractivity contribution in [1.29, 1.82) is 0 Å². The van der Waals surface area contributed by atoms with Crippen LogP contribution >= 0.6 is 0 Å². The lowest BCUT2D eigenvalue weighted by Gasteiger charge is -2.24. The van der Waals surface area contributed by atoms with E-state index in [2.05, 4.69) is 26.8 Å². The second-order valence-corrected chi connectivity index (χ2v) is 3.27. The second kappa shape index (κ2) is 4.99. The fourth-order valence-electron chi connectivity index (χ4n) is 0.962. The maximum atomic E-state index is 5.83. The normalized spacial score (nSPS) is 13.9. The van der Waals surface area contributed by atoms with E-state index in [1.165, 1.54) is 5.57 Å². The number of hydrogen-bond acceptors (Lipinski definition) is 2. The van der Waals surface area contributed by atoms with Crippen molar-refractivity contribution < 1.29 is 0 Å². The zero-order valence-electron chi connectivity index (χ0n) is 8.76. The van der Waals surface area contributed by atoms with Gasteiger partial charge in [0.05, 0.1) is 0 Å². The Hall–Kier alpha value is -0.760. The molecule has 0 radical (unpaired) electrons. The first-order valence-corrected chi connectivity index (χ1v) is 4.34. The fraction of sp³-hybridized carbons (Fsp3) is 0.600. The summed E-state index contributed by atoms with van der Waals surface area (Å²) in [4.78, 5) is 0. The summed E-state index contributed by atoms with van der Waals surface area (Å²) in [5, 5.41) is 1.79. The molecule has 2 nitrogen and oxygen atoms in total. The molecule has 0 saturated carbocycles. The van der Waals surface area contributed by atoms with E-state index in [1.54, 1.807) is 5.01 Å². The third kappa shape index (κ3) is 3.09. The van der Waals surface area contributed by atoms with Crippen LogP contribution in [0.4, 0.5) is 0 Å².